The van der Waals surface area contributed by atoms with Crippen molar-refractivity contribution in [1.82, 2.24) is 15.6 Å². The van der Waals surface area contributed by atoms with Crippen molar-refractivity contribution >= 4 is 23.4 Å². The molecule has 23 heavy (non-hydrogen) atoms. The Balaban J connectivity index is 1.75. The van der Waals surface area contributed by atoms with Gasteiger partial charge in [-0.2, -0.15) is 0 Å². The highest BCUT2D eigenvalue weighted by Gasteiger charge is 2.26. The number of amides is 2. The predicted octanol–water partition coefficient (Wildman–Crippen LogP) is 2.02. The van der Waals surface area contributed by atoms with Crippen LogP contribution in [0.3, 0.4) is 0 Å². The first-order valence-electron chi connectivity index (χ1n) is 8.03. The van der Waals surface area contributed by atoms with Crippen molar-refractivity contribution in [2.24, 2.45) is 5.92 Å². The van der Waals surface area contributed by atoms with Gasteiger partial charge in [0.1, 0.15) is 5.82 Å². The Morgan fingerprint density at radius 1 is 1.57 bits per heavy atom. The van der Waals surface area contributed by atoms with E-state index in [0.29, 0.717) is 23.9 Å². The third-order valence-corrected chi connectivity index (χ3v) is 4.10. The van der Waals surface area contributed by atoms with Crippen molar-refractivity contribution in [2.45, 2.75) is 38.8 Å². The Kier molecular flexibility index (Phi) is 6.47. The summed E-state index contributed by atoms with van der Waals surface area (Å²) in [5, 5.41) is 16.1. The van der Waals surface area contributed by atoms with E-state index in [1.165, 1.54) is 0 Å². The van der Waals surface area contributed by atoms with Gasteiger partial charge < -0.3 is 20.6 Å². The highest BCUT2D eigenvalue weighted by molar-refractivity contribution is 6.32. The summed E-state index contributed by atoms with van der Waals surface area (Å²) in [7, 11) is 0. The third kappa shape index (κ3) is 5.55. The summed E-state index contributed by atoms with van der Waals surface area (Å²) in [4.78, 5) is 18.3. The van der Waals surface area contributed by atoms with E-state index in [4.69, 9.17) is 11.6 Å². The second kappa shape index (κ2) is 8.36. The molecule has 0 aliphatic carbocycles. The van der Waals surface area contributed by atoms with E-state index >= 15 is 0 Å². The Morgan fingerprint density at radius 2 is 2.35 bits per heavy atom. The van der Waals surface area contributed by atoms with Crippen molar-refractivity contribution in [3.8, 4) is 0 Å². The largest absolute Gasteiger partial charge is 0.391 e. The fraction of sp³-hybridized carbons (Fsp3) is 0.625. The number of halogens is 1. The maximum atomic E-state index is 11.9. The normalized spacial score (nSPS) is 19.0. The average Bonchev–Trinajstić information content (AvgIpc) is 2.93. The van der Waals surface area contributed by atoms with Crippen molar-refractivity contribution in [3.05, 3.63) is 23.4 Å². The van der Waals surface area contributed by atoms with Crippen LogP contribution in [-0.2, 0) is 0 Å². The zero-order valence-corrected chi connectivity index (χ0v) is 14.4. The van der Waals surface area contributed by atoms with E-state index in [2.05, 4.69) is 20.5 Å². The standard InChI is InChI=1S/C16H25ClN4O2/c1-11(2)8-13(22)9-19-16(23)20-12-5-7-21(10-12)15-14(17)4-3-6-18-15/h3-4,6,11-13,22H,5,7-10H2,1-2H3,(H2,19,20,23). The van der Waals surface area contributed by atoms with Crippen molar-refractivity contribution < 1.29 is 9.90 Å². The van der Waals surface area contributed by atoms with Crippen molar-refractivity contribution in [2.75, 3.05) is 24.5 Å². The van der Waals surface area contributed by atoms with E-state index in [9.17, 15) is 9.90 Å². The van der Waals surface area contributed by atoms with Gasteiger partial charge in [0.15, 0.2) is 0 Å². The number of nitrogens with zero attached hydrogens (tertiary/aromatic N) is 2. The van der Waals surface area contributed by atoms with Gasteiger partial charge in [-0.05, 0) is 30.9 Å². The number of aromatic nitrogens is 1. The maximum Gasteiger partial charge on any atom is 0.315 e. The molecule has 3 N–H and O–H groups in total. The fourth-order valence-electron chi connectivity index (χ4n) is 2.75. The van der Waals surface area contributed by atoms with E-state index in [-0.39, 0.29) is 18.6 Å². The van der Waals surface area contributed by atoms with Crippen LogP contribution < -0.4 is 15.5 Å². The quantitative estimate of drug-likeness (QED) is 0.740. The Morgan fingerprint density at radius 3 is 3.04 bits per heavy atom. The number of nitrogens with one attached hydrogen (secondary N) is 2. The minimum absolute atomic E-state index is 0.0512. The molecule has 0 radical (unpaired) electrons. The van der Waals surface area contributed by atoms with Crippen LogP contribution in [0.4, 0.5) is 10.6 Å². The number of urea groups is 1. The summed E-state index contributed by atoms with van der Waals surface area (Å²) in [6, 6.07) is 3.42. The lowest BCUT2D eigenvalue weighted by Gasteiger charge is -2.19. The molecular weight excluding hydrogens is 316 g/mol. The van der Waals surface area contributed by atoms with Gasteiger partial charge in [0, 0.05) is 31.9 Å². The molecule has 7 heteroatoms. The molecule has 0 bridgehead atoms. The van der Waals surface area contributed by atoms with Crippen molar-refractivity contribution in [1.29, 1.82) is 0 Å². The first-order chi connectivity index (χ1) is 11.0. The smallest absolute Gasteiger partial charge is 0.315 e. The molecule has 2 unspecified atom stereocenters. The van der Waals surface area contributed by atoms with Gasteiger partial charge in [0.25, 0.3) is 0 Å². The number of rotatable bonds is 6. The molecule has 2 rings (SSSR count). The summed E-state index contributed by atoms with van der Waals surface area (Å²) in [6.45, 7) is 5.83. The maximum absolute atomic E-state index is 11.9. The highest BCUT2D eigenvalue weighted by Crippen LogP contribution is 2.25. The molecule has 6 nitrogen and oxygen atoms in total. The highest BCUT2D eigenvalue weighted by atomic mass is 35.5. The lowest BCUT2D eigenvalue weighted by molar-refractivity contribution is 0.146. The van der Waals surface area contributed by atoms with E-state index < -0.39 is 6.10 Å². The molecule has 1 aliphatic heterocycles. The predicted molar refractivity (Wildman–Crippen MR) is 91.9 cm³/mol. The van der Waals surface area contributed by atoms with Crippen LogP contribution in [0.25, 0.3) is 0 Å². The van der Waals surface area contributed by atoms with Crippen LogP contribution >= 0.6 is 11.6 Å². The van der Waals surface area contributed by atoms with Crippen LogP contribution in [0, 0.1) is 5.92 Å². The molecule has 1 saturated heterocycles. The zero-order valence-electron chi connectivity index (χ0n) is 13.6. The Bertz CT molecular complexity index is 527. The number of hydrogen-bond donors (Lipinski definition) is 3. The van der Waals surface area contributed by atoms with E-state index in [1.54, 1.807) is 12.3 Å². The SMILES string of the molecule is CC(C)CC(O)CNC(=O)NC1CCN(c2ncccc2Cl)C1. The van der Waals surface area contributed by atoms with Crippen LogP contribution in [0.1, 0.15) is 26.7 Å². The molecule has 0 aromatic carbocycles. The third-order valence-electron chi connectivity index (χ3n) is 3.80. The van der Waals surface area contributed by atoms with Crippen LogP contribution in [0.2, 0.25) is 5.02 Å². The van der Waals surface area contributed by atoms with Gasteiger partial charge in [-0.3, -0.25) is 0 Å². The number of hydrogen-bond acceptors (Lipinski definition) is 4. The van der Waals surface area contributed by atoms with Gasteiger partial charge >= 0.3 is 6.03 Å². The first-order valence-corrected chi connectivity index (χ1v) is 8.41. The summed E-state index contributed by atoms with van der Waals surface area (Å²) in [6.07, 6.45) is 2.73. The number of anilines is 1. The zero-order chi connectivity index (χ0) is 16.8. The lowest BCUT2D eigenvalue weighted by atomic mass is 10.1. The Labute approximate surface area is 142 Å². The molecule has 1 fully saturated rings. The van der Waals surface area contributed by atoms with Crippen LogP contribution in [-0.4, -0.2) is 47.9 Å². The summed E-state index contributed by atoms with van der Waals surface area (Å²) < 4.78 is 0. The molecule has 2 atom stereocenters. The van der Waals surface area contributed by atoms with Gasteiger partial charge in [-0.15, -0.1) is 0 Å². The van der Waals surface area contributed by atoms with Gasteiger partial charge in [-0.25, -0.2) is 9.78 Å². The van der Waals surface area contributed by atoms with E-state index in [1.807, 2.05) is 19.9 Å². The monoisotopic (exact) mass is 340 g/mol. The molecule has 128 valence electrons. The number of carbonyl (C=O) groups is 1. The van der Waals surface area contributed by atoms with Crippen molar-refractivity contribution in [3.63, 3.8) is 0 Å². The van der Waals surface area contributed by atoms with Crippen LogP contribution in [0.15, 0.2) is 18.3 Å². The minimum atomic E-state index is -0.506. The number of carbonyl (C=O) groups excluding carboxylic acids is 1. The fourth-order valence-corrected chi connectivity index (χ4v) is 3.00. The topological polar surface area (TPSA) is 77.5 Å². The van der Waals surface area contributed by atoms with Gasteiger partial charge in [0.05, 0.1) is 11.1 Å². The number of aliphatic hydroxyl groups is 1. The molecule has 0 spiro atoms. The molecular formula is C16H25ClN4O2. The second-order valence-corrected chi connectivity index (χ2v) is 6.79. The molecule has 1 aliphatic rings. The molecule has 0 saturated carbocycles. The minimum Gasteiger partial charge on any atom is -0.391 e. The van der Waals surface area contributed by atoms with Crippen LogP contribution in [0.5, 0.6) is 0 Å². The number of aliphatic hydroxyl groups excluding tert-OH is 1. The molecule has 2 amide bonds. The number of pyridine rings is 1. The van der Waals surface area contributed by atoms with Gasteiger partial charge in [0.2, 0.25) is 0 Å². The summed E-state index contributed by atoms with van der Waals surface area (Å²) in [5.74, 6) is 1.16. The van der Waals surface area contributed by atoms with E-state index in [0.717, 1.165) is 18.8 Å². The molecule has 2 heterocycles. The molecule has 1 aromatic heterocycles. The molecule has 1 aromatic rings. The van der Waals surface area contributed by atoms with Gasteiger partial charge in [-0.1, -0.05) is 25.4 Å². The lowest BCUT2D eigenvalue weighted by Crippen LogP contribution is -2.45. The Hall–Kier alpha value is -1.53. The summed E-state index contributed by atoms with van der Waals surface area (Å²) >= 11 is 6.15. The first kappa shape index (κ1) is 17.8. The summed E-state index contributed by atoms with van der Waals surface area (Å²) in [5.41, 5.74) is 0. The average molecular weight is 341 g/mol. The second-order valence-electron chi connectivity index (χ2n) is 6.38.